The molecule has 0 aliphatic heterocycles. The molecule has 3 nitrogen and oxygen atoms in total. The second-order valence-electron chi connectivity index (χ2n) is 3.82. The zero-order chi connectivity index (χ0) is 12.1. The van der Waals surface area contributed by atoms with Crippen molar-refractivity contribution in [2.45, 2.75) is 13.3 Å². The predicted octanol–water partition coefficient (Wildman–Crippen LogP) is 2.45. The number of rotatable bonds is 4. The van der Waals surface area contributed by atoms with Gasteiger partial charge in [-0.25, -0.2) is 5.48 Å². The van der Waals surface area contributed by atoms with E-state index in [4.69, 9.17) is 4.84 Å². The van der Waals surface area contributed by atoms with E-state index in [2.05, 4.69) is 11.5 Å². The van der Waals surface area contributed by atoms with E-state index in [0.717, 1.165) is 10.9 Å². The third kappa shape index (κ3) is 3.04. The Labute approximate surface area is 100 Å². The van der Waals surface area contributed by atoms with Gasteiger partial charge in [0.25, 0.3) is 0 Å². The average molecular weight is 229 g/mol. The van der Waals surface area contributed by atoms with Gasteiger partial charge in [0.2, 0.25) is 5.91 Å². The maximum absolute atomic E-state index is 11.5. The van der Waals surface area contributed by atoms with Gasteiger partial charge in [0.15, 0.2) is 0 Å². The van der Waals surface area contributed by atoms with E-state index in [1.165, 1.54) is 5.39 Å². The van der Waals surface area contributed by atoms with Gasteiger partial charge in [-0.3, -0.25) is 9.63 Å². The van der Waals surface area contributed by atoms with Crippen LogP contribution in [0.1, 0.15) is 12.5 Å². The molecule has 0 radical (unpaired) electrons. The molecule has 0 heterocycles. The molecule has 0 aliphatic carbocycles. The molecule has 3 heteroatoms. The molecule has 0 aromatic heterocycles. The number of benzene rings is 2. The zero-order valence-corrected chi connectivity index (χ0v) is 9.77. The Kier molecular flexibility index (Phi) is 3.73. The van der Waals surface area contributed by atoms with Crippen molar-refractivity contribution >= 4 is 16.7 Å². The summed E-state index contributed by atoms with van der Waals surface area (Å²) >= 11 is 0. The lowest BCUT2D eigenvalue weighted by molar-refractivity contribution is -0.132. The lowest BCUT2D eigenvalue weighted by atomic mass is 10.1. The molecule has 1 N–H and O–H groups in total. The van der Waals surface area contributed by atoms with Gasteiger partial charge < -0.3 is 0 Å². The van der Waals surface area contributed by atoms with Crippen molar-refractivity contribution in [2.24, 2.45) is 0 Å². The Morgan fingerprint density at radius 3 is 2.71 bits per heavy atom. The molecule has 2 aromatic carbocycles. The first-order valence-corrected chi connectivity index (χ1v) is 5.68. The molecule has 2 aromatic rings. The van der Waals surface area contributed by atoms with Crippen LogP contribution in [0.15, 0.2) is 42.5 Å². The van der Waals surface area contributed by atoms with Crippen molar-refractivity contribution in [1.82, 2.24) is 5.48 Å². The predicted molar refractivity (Wildman–Crippen MR) is 67.4 cm³/mol. The maximum atomic E-state index is 11.5. The van der Waals surface area contributed by atoms with Gasteiger partial charge in [0.05, 0.1) is 13.0 Å². The molecule has 17 heavy (non-hydrogen) atoms. The maximum Gasteiger partial charge on any atom is 0.247 e. The quantitative estimate of drug-likeness (QED) is 0.818. The zero-order valence-electron chi connectivity index (χ0n) is 9.77. The topological polar surface area (TPSA) is 38.3 Å². The smallest absolute Gasteiger partial charge is 0.247 e. The first kappa shape index (κ1) is 11.6. The number of carbonyl (C=O) groups excluding carboxylic acids is 1. The van der Waals surface area contributed by atoms with Crippen LogP contribution in [0.3, 0.4) is 0 Å². The van der Waals surface area contributed by atoms with Crippen LogP contribution in [-0.2, 0) is 16.1 Å². The van der Waals surface area contributed by atoms with Gasteiger partial charge in [-0.2, -0.15) is 0 Å². The highest BCUT2D eigenvalue weighted by Crippen LogP contribution is 2.15. The van der Waals surface area contributed by atoms with Crippen LogP contribution in [0.2, 0.25) is 0 Å². The Morgan fingerprint density at radius 1 is 1.18 bits per heavy atom. The third-order valence-corrected chi connectivity index (χ3v) is 2.51. The number of carbonyl (C=O) groups is 1. The van der Waals surface area contributed by atoms with E-state index in [0.29, 0.717) is 13.0 Å². The highest BCUT2D eigenvalue weighted by molar-refractivity contribution is 5.85. The van der Waals surface area contributed by atoms with Gasteiger partial charge in [-0.15, -0.1) is 0 Å². The van der Waals surface area contributed by atoms with Crippen molar-refractivity contribution in [3.8, 4) is 0 Å². The molecule has 0 saturated heterocycles. The highest BCUT2D eigenvalue weighted by Gasteiger charge is 2.03. The summed E-state index contributed by atoms with van der Waals surface area (Å²) in [6.07, 6.45) is 0.338. The third-order valence-electron chi connectivity index (χ3n) is 2.51. The Balaban J connectivity index is 2.11. The van der Waals surface area contributed by atoms with E-state index in [1.54, 1.807) is 0 Å². The highest BCUT2D eigenvalue weighted by atomic mass is 16.6. The summed E-state index contributed by atoms with van der Waals surface area (Å²) in [6.45, 7) is 2.31. The molecule has 0 fully saturated rings. The number of hydrogen-bond acceptors (Lipinski definition) is 2. The monoisotopic (exact) mass is 229 g/mol. The number of hydroxylamine groups is 1. The van der Waals surface area contributed by atoms with Crippen LogP contribution >= 0.6 is 0 Å². The van der Waals surface area contributed by atoms with Crippen molar-refractivity contribution in [2.75, 3.05) is 6.61 Å². The Morgan fingerprint density at radius 2 is 1.94 bits per heavy atom. The molecular weight excluding hydrogens is 214 g/mol. The van der Waals surface area contributed by atoms with Crippen molar-refractivity contribution < 1.29 is 9.63 Å². The van der Waals surface area contributed by atoms with Crippen LogP contribution in [0.4, 0.5) is 0 Å². The fraction of sp³-hybridized carbons (Fsp3) is 0.214. The largest absolute Gasteiger partial charge is 0.274 e. The van der Waals surface area contributed by atoms with Crippen molar-refractivity contribution in [1.29, 1.82) is 0 Å². The van der Waals surface area contributed by atoms with Crippen LogP contribution in [0.25, 0.3) is 10.8 Å². The fourth-order valence-electron chi connectivity index (χ4n) is 1.72. The first-order valence-electron chi connectivity index (χ1n) is 5.68. The molecule has 0 atom stereocenters. The molecule has 0 bridgehead atoms. The second kappa shape index (κ2) is 5.46. The number of hydrogen-bond donors (Lipinski definition) is 1. The summed E-state index contributed by atoms with van der Waals surface area (Å²) in [7, 11) is 0. The van der Waals surface area contributed by atoms with E-state index < -0.39 is 0 Å². The van der Waals surface area contributed by atoms with Gasteiger partial charge >= 0.3 is 0 Å². The standard InChI is InChI=1S/C14H15NO2/c1-2-17-15-14(16)10-11-7-8-12-5-3-4-6-13(12)9-11/h3-9H,2,10H2,1H3,(H,15,16). The molecular formula is C14H15NO2. The normalized spacial score (nSPS) is 10.4. The summed E-state index contributed by atoms with van der Waals surface area (Å²) < 4.78 is 0. The number of amides is 1. The second-order valence-corrected chi connectivity index (χ2v) is 3.82. The van der Waals surface area contributed by atoms with Crippen LogP contribution in [0, 0.1) is 0 Å². The molecule has 0 spiro atoms. The minimum atomic E-state index is -0.123. The van der Waals surface area contributed by atoms with Crippen molar-refractivity contribution in [3.05, 3.63) is 48.0 Å². The van der Waals surface area contributed by atoms with E-state index in [1.807, 2.05) is 43.3 Å². The van der Waals surface area contributed by atoms with Gasteiger partial charge in [-0.1, -0.05) is 42.5 Å². The summed E-state index contributed by atoms with van der Waals surface area (Å²) in [6, 6.07) is 14.1. The minimum Gasteiger partial charge on any atom is -0.274 e. The van der Waals surface area contributed by atoms with E-state index in [-0.39, 0.29) is 5.91 Å². The lowest BCUT2D eigenvalue weighted by Crippen LogP contribution is -2.25. The molecule has 2 rings (SSSR count). The summed E-state index contributed by atoms with van der Waals surface area (Å²) in [4.78, 5) is 16.3. The SMILES string of the molecule is CCONC(=O)Cc1ccc2ccccc2c1. The van der Waals surface area contributed by atoms with Gasteiger partial charge in [0, 0.05) is 0 Å². The molecule has 0 aliphatic rings. The molecule has 0 saturated carbocycles. The number of nitrogens with one attached hydrogen (secondary N) is 1. The summed E-state index contributed by atoms with van der Waals surface area (Å²) in [5.74, 6) is -0.123. The van der Waals surface area contributed by atoms with Gasteiger partial charge in [-0.05, 0) is 23.3 Å². The lowest BCUT2D eigenvalue weighted by Gasteiger charge is -2.05. The first-order chi connectivity index (χ1) is 8.29. The summed E-state index contributed by atoms with van der Waals surface area (Å²) in [5, 5.41) is 2.33. The Bertz CT molecular complexity index is 522. The van der Waals surface area contributed by atoms with Crippen LogP contribution in [-0.4, -0.2) is 12.5 Å². The molecule has 1 amide bonds. The number of fused-ring (bicyclic) bond motifs is 1. The van der Waals surface area contributed by atoms with Crippen molar-refractivity contribution in [3.63, 3.8) is 0 Å². The molecule has 88 valence electrons. The van der Waals surface area contributed by atoms with Crippen LogP contribution in [0.5, 0.6) is 0 Å². The fourth-order valence-corrected chi connectivity index (χ4v) is 1.72. The van der Waals surface area contributed by atoms with E-state index in [9.17, 15) is 4.79 Å². The molecule has 0 unspecified atom stereocenters. The minimum absolute atomic E-state index is 0.123. The van der Waals surface area contributed by atoms with Gasteiger partial charge in [0.1, 0.15) is 0 Å². The summed E-state index contributed by atoms with van der Waals surface area (Å²) in [5.41, 5.74) is 3.38. The van der Waals surface area contributed by atoms with Crippen LogP contribution < -0.4 is 5.48 Å². The van der Waals surface area contributed by atoms with E-state index >= 15 is 0 Å². The Hall–Kier alpha value is -1.87. The average Bonchev–Trinajstić information content (AvgIpc) is 2.36.